The second kappa shape index (κ2) is 9.86. The highest BCUT2D eigenvalue weighted by Gasteiger charge is 2.18. The van der Waals surface area contributed by atoms with Gasteiger partial charge in [-0.15, -0.1) is 0 Å². The Hall–Kier alpha value is -3.37. The van der Waals surface area contributed by atoms with Crippen molar-refractivity contribution in [2.24, 2.45) is 5.73 Å². The minimum atomic E-state index is -0.495. The van der Waals surface area contributed by atoms with Gasteiger partial charge in [-0.3, -0.25) is 4.79 Å². The smallest absolute Gasteiger partial charge is 0.248 e. The monoisotopic (exact) mass is 458 g/mol. The molecule has 3 aromatic rings. The molecule has 2 aliphatic heterocycles. The maximum Gasteiger partial charge on any atom is 0.248 e. The zero-order valence-electron chi connectivity index (χ0n) is 18.9. The van der Waals surface area contributed by atoms with Crippen LogP contribution in [-0.2, 0) is 4.74 Å². The zero-order valence-corrected chi connectivity index (χ0v) is 18.9. The predicted octanol–water partition coefficient (Wildman–Crippen LogP) is 1.23. The first-order chi connectivity index (χ1) is 16.5. The largest absolute Gasteiger partial charge is 0.488 e. The molecule has 2 aliphatic rings. The number of nitrogens with two attached hydrogens (primary N) is 1. The Balaban J connectivity index is 1.46. The van der Waals surface area contributed by atoms with E-state index in [-0.39, 0.29) is 6.10 Å². The number of fused-ring (bicyclic) bond motifs is 1. The van der Waals surface area contributed by atoms with Crippen LogP contribution < -0.4 is 31.5 Å². The summed E-state index contributed by atoms with van der Waals surface area (Å²) >= 11 is 0. The third-order valence-electron chi connectivity index (χ3n) is 6.08. The van der Waals surface area contributed by atoms with Crippen molar-refractivity contribution in [1.29, 1.82) is 0 Å². The van der Waals surface area contributed by atoms with E-state index in [1.54, 1.807) is 18.3 Å². The summed E-state index contributed by atoms with van der Waals surface area (Å²) in [4.78, 5) is 23.3. The van der Waals surface area contributed by atoms with Crippen molar-refractivity contribution in [3.05, 3.63) is 42.1 Å². The third kappa shape index (κ3) is 5.08. The van der Waals surface area contributed by atoms with E-state index in [9.17, 15) is 4.79 Å². The van der Waals surface area contributed by atoms with Crippen LogP contribution in [0.3, 0.4) is 0 Å². The molecule has 4 N–H and O–H groups in total. The van der Waals surface area contributed by atoms with Gasteiger partial charge in [0.15, 0.2) is 0 Å². The number of ether oxygens (including phenoxy) is 2. The van der Waals surface area contributed by atoms with E-state index in [1.165, 1.54) is 0 Å². The fourth-order valence-electron chi connectivity index (χ4n) is 4.34. The van der Waals surface area contributed by atoms with Crippen molar-refractivity contribution >= 4 is 47.4 Å². The number of primary amides is 1. The predicted molar refractivity (Wildman–Crippen MR) is 133 cm³/mol. The molecule has 0 aliphatic carbocycles. The van der Waals surface area contributed by atoms with Crippen LogP contribution in [0.25, 0.3) is 10.9 Å². The molecule has 10 heteroatoms. The number of anilines is 3. The number of nitrogens with zero attached hydrogens (tertiary/aromatic N) is 3. The Morgan fingerprint density at radius 2 is 1.97 bits per heavy atom. The van der Waals surface area contributed by atoms with Crippen molar-refractivity contribution in [2.45, 2.75) is 18.9 Å². The third-order valence-corrected chi connectivity index (χ3v) is 6.08. The standard InChI is InChI=1S/C24H27BN6O3/c25-17-9-16-14-28-24(30-22(16)21(12-17)34-20-1-3-27-4-2-20)29-18-10-15(23(26)32)11-19(13-18)31-5-7-33-8-6-31/h9-14,20,27H,1-8H2,(H2,26,32)(H,28,29,30). The molecule has 2 aromatic carbocycles. The first-order valence-corrected chi connectivity index (χ1v) is 11.5. The Labute approximate surface area is 199 Å². The van der Waals surface area contributed by atoms with Crippen LogP contribution in [0.1, 0.15) is 23.2 Å². The molecular weight excluding hydrogens is 431 g/mol. The number of carbonyl (C=O) groups is 1. The minimum absolute atomic E-state index is 0.112. The number of morpholine rings is 1. The molecule has 0 bridgehead atoms. The number of carbonyl (C=O) groups excluding carboxylic acids is 1. The number of rotatable bonds is 6. The molecule has 0 saturated carbocycles. The lowest BCUT2D eigenvalue weighted by molar-refractivity contribution is 0.100. The molecule has 0 spiro atoms. The van der Waals surface area contributed by atoms with E-state index in [0.717, 1.165) is 50.1 Å². The topological polar surface area (TPSA) is 115 Å². The van der Waals surface area contributed by atoms with Crippen molar-refractivity contribution in [1.82, 2.24) is 15.3 Å². The first-order valence-electron chi connectivity index (χ1n) is 11.5. The van der Waals surface area contributed by atoms with Gasteiger partial charge in [0, 0.05) is 41.6 Å². The highest BCUT2D eigenvalue weighted by molar-refractivity contribution is 6.33. The van der Waals surface area contributed by atoms with Gasteiger partial charge in [0.05, 0.1) is 13.2 Å². The molecule has 0 unspecified atom stereocenters. The second-order valence-electron chi connectivity index (χ2n) is 8.57. The normalized spacial score (nSPS) is 17.0. The van der Waals surface area contributed by atoms with Gasteiger partial charge in [0.1, 0.15) is 25.2 Å². The van der Waals surface area contributed by atoms with E-state index in [4.69, 9.17) is 28.0 Å². The Morgan fingerprint density at radius 3 is 2.74 bits per heavy atom. The molecule has 1 amide bonds. The molecule has 0 atom stereocenters. The van der Waals surface area contributed by atoms with Crippen LogP contribution in [0, 0.1) is 0 Å². The van der Waals surface area contributed by atoms with Gasteiger partial charge < -0.3 is 30.7 Å². The highest BCUT2D eigenvalue weighted by atomic mass is 16.5. The lowest BCUT2D eigenvalue weighted by atomic mass is 9.94. The quantitative estimate of drug-likeness (QED) is 0.473. The van der Waals surface area contributed by atoms with Crippen LogP contribution in [0.15, 0.2) is 36.5 Å². The Kier molecular flexibility index (Phi) is 6.51. The SMILES string of the molecule is [B]c1cc(OC2CCNCC2)c2nc(Nc3cc(C(N)=O)cc(N4CCOCC4)c3)ncc2c1. The average Bonchev–Trinajstić information content (AvgIpc) is 2.85. The second-order valence-corrected chi connectivity index (χ2v) is 8.57. The lowest BCUT2D eigenvalue weighted by Gasteiger charge is -2.29. The van der Waals surface area contributed by atoms with Crippen LogP contribution in [0.4, 0.5) is 17.3 Å². The van der Waals surface area contributed by atoms with Gasteiger partial charge in [-0.25, -0.2) is 9.97 Å². The fourth-order valence-corrected chi connectivity index (χ4v) is 4.34. The summed E-state index contributed by atoms with van der Waals surface area (Å²) < 4.78 is 11.7. The number of piperidine rings is 1. The van der Waals surface area contributed by atoms with Gasteiger partial charge in [0.2, 0.25) is 11.9 Å². The molecule has 3 heterocycles. The maximum absolute atomic E-state index is 12.0. The summed E-state index contributed by atoms with van der Waals surface area (Å²) in [5, 5.41) is 7.37. The van der Waals surface area contributed by atoms with E-state index in [2.05, 4.69) is 20.5 Å². The van der Waals surface area contributed by atoms with Crippen molar-refractivity contribution in [3.8, 4) is 5.75 Å². The molecule has 9 nitrogen and oxygen atoms in total. The van der Waals surface area contributed by atoms with Crippen LogP contribution in [-0.4, -0.2) is 69.2 Å². The molecule has 2 fully saturated rings. The lowest BCUT2D eigenvalue weighted by Crippen LogP contribution is -2.36. The molecule has 1 aromatic heterocycles. The van der Waals surface area contributed by atoms with E-state index in [0.29, 0.717) is 47.1 Å². The van der Waals surface area contributed by atoms with Gasteiger partial charge in [-0.1, -0.05) is 11.5 Å². The van der Waals surface area contributed by atoms with Gasteiger partial charge in [-0.2, -0.15) is 0 Å². The van der Waals surface area contributed by atoms with Gasteiger partial charge in [-0.05, 0) is 50.2 Å². The van der Waals surface area contributed by atoms with E-state index < -0.39 is 5.91 Å². The number of benzene rings is 2. The average molecular weight is 458 g/mol. The fraction of sp³-hybridized carbons (Fsp3) is 0.375. The summed E-state index contributed by atoms with van der Waals surface area (Å²) in [6.45, 7) is 4.61. The molecule has 2 radical (unpaired) electrons. The zero-order chi connectivity index (χ0) is 23.5. The van der Waals surface area contributed by atoms with Gasteiger partial charge in [0.25, 0.3) is 0 Å². The van der Waals surface area contributed by atoms with Crippen molar-refractivity contribution in [2.75, 3.05) is 49.6 Å². The number of hydrogen-bond acceptors (Lipinski definition) is 8. The highest BCUT2D eigenvalue weighted by Crippen LogP contribution is 2.28. The minimum Gasteiger partial charge on any atom is -0.488 e. The molecule has 5 rings (SSSR count). The number of amides is 1. The summed E-state index contributed by atoms with van der Waals surface area (Å²) in [7, 11) is 6.10. The summed E-state index contributed by atoms with van der Waals surface area (Å²) in [6, 6.07) is 9.11. The Morgan fingerprint density at radius 1 is 1.18 bits per heavy atom. The number of hydrogen-bond donors (Lipinski definition) is 3. The summed E-state index contributed by atoms with van der Waals surface area (Å²) in [5.74, 6) is 0.542. The molecular formula is C24H27BN6O3. The number of nitrogens with one attached hydrogen (secondary N) is 2. The van der Waals surface area contributed by atoms with Crippen LogP contribution in [0.2, 0.25) is 0 Å². The van der Waals surface area contributed by atoms with Crippen LogP contribution in [0.5, 0.6) is 5.75 Å². The molecule has 2 saturated heterocycles. The van der Waals surface area contributed by atoms with Crippen molar-refractivity contribution in [3.63, 3.8) is 0 Å². The first kappa shape index (κ1) is 22.4. The molecule has 34 heavy (non-hydrogen) atoms. The van der Waals surface area contributed by atoms with Crippen LogP contribution >= 0.6 is 0 Å². The molecule has 174 valence electrons. The van der Waals surface area contributed by atoms with Gasteiger partial charge >= 0.3 is 0 Å². The summed E-state index contributed by atoms with van der Waals surface area (Å²) in [6.07, 6.45) is 3.69. The van der Waals surface area contributed by atoms with Crippen molar-refractivity contribution < 1.29 is 14.3 Å². The van der Waals surface area contributed by atoms with E-state index >= 15 is 0 Å². The van der Waals surface area contributed by atoms with E-state index in [1.807, 2.05) is 18.2 Å². The number of aromatic nitrogens is 2. The maximum atomic E-state index is 12.0. The summed E-state index contributed by atoms with van der Waals surface area (Å²) in [5.41, 5.74) is 8.87. The Bertz CT molecular complexity index is 1190.